The van der Waals surface area contributed by atoms with E-state index in [-0.39, 0.29) is 0 Å². The Morgan fingerprint density at radius 1 is 1.73 bits per heavy atom. The van der Waals surface area contributed by atoms with Crippen molar-refractivity contribution in [3.63, 3.8) is 0 Å². The normalized spacial score (nSPS) is 13.4. The van der Waals surface area contributed by atoms with Gasteiger partial charge in [0.15, 0.2) is 0 Å². The molecule has 0 aliphatic heterocycles. The van der Waals surface area contributed by atoms with Crippen LogP contribution in [0.5, 0.6) is 0 Å². The Morgan fingerprint density at radius 3 is 2.91 bits per heavy atom. The highest BCUT2D eigenvalue weighted by Crippen LogP contribution is 2.07. The molecule has 0 spiro atoms. The third-order valence-corrected chi connectivity index (χ3v) is 1.54. The smallest absolute Gasteiger partial charge is 0.0950 e. The number of aryl methyl sites for hydroxylation is 1. The maximum atomic E-state index is 9.13. The molecule has 1 rings (SSSR count). The molecule has 0 aliphatic carbocycles. The van der Waals surface area contributed by atoms with Crippen molar-refractivity contribution in [2.24, 2.45) is 0 Å². The van der Waals surface area contributed by atoms with Crippen LogP contribution in [0.25, 0.3) is 0 Å². The van der Waals surface area contributed by atoms with Crippen molar-refractivity contribution in [1.82, 2.24) is 9.78 Å². The second-order valence-corrected chi connectivity index (χ2v) is 2.68. The molecular formula is C8H14N2O. The van der Waals surface area contributed by atoms with Gasteiger partial charge < -0.3 is 5.11 Å². The molecule has 0 saturated carbocycles. The van der Waals surface area contributed by atoms with Gasteiger partial charge in [0.2, 0.25) is 0 Å². The van der Waals surface area contributed by atoms with E-state index in [9.17, 15) is 0 Å². The van der Waals surface area contributed by atoms with Gasteiger partial charge in [-0.05, 0) is 19.4 Å². The summed E-state index contributed by atoms with van der Waals surface area (Å²) in [6.45, 7) is 4.75. The van der Waals surface area contributed by atoms with Gasteiger partial charge in [-0.15, -0.1) is 0 Å². The van der Waals surface area contributed by atoms with Crippen molar-refractivity contribution in [1.29, 1.82) is 0 Å². The molecule has 3 heteroatoms. The van der Waals surface area contributed by atoms with Gasteiger partial charge >= 0.3 is 0 Å². The average molecular weight is 154 g/mol. The zero-order valence-corrected chi connectivity index (χ0v) is 6.99. The van der Waals surface area contributed by atoms with Crippen LogP contribution in [0, 0.1) is 0 Å². The fraction of sp³-hybridized carbons (Fsp3) is 0.625. The summed E-state index contributed by atoms with van der Waals surface area (Å²) in [6.07, 6.45) is 2.51. The van der Waals surface area contributed by atoms with Gasteiger partial charge in [-0.25, -0.2) is 0 Å². The maximum absolute atomic E-state index is 9.13. The first kappa shape index (κ1) is 8.27. The first-order valence-corrected chi connectivity index (χ1v) is 3.95. The van der Waals surface area contributed by atoms with Crippen molar-refractivity contribution >= 4 is 0 Å². The van der Waals surface area contributed by atoms with Crippen molar-refractivity contribution in [3.8, 4) is 0 Å². The predicted octanol–water partition coefficient (Wildman–Crippen LogP) is 1.35. The summed E-state index contributed by atoms with van der Waals surface area (Å²) in [5.41, 5.74) is 0.749. The lowest BCUT2D eigenvalue weighted by Crippen LogP contribution is -1.99. The van der Waals surface area contributed by atoms with Crippen molar-refractivity contribution < 1.29 is 5.11 Å². The van der Waals surface area contributed by atoms with Gasteiger partial charge in [-0.3, -0.25) is 4.68 Å². The summed E-state index contributed by atoms with van der Waals surface area (Å²) in [5.74, 6) is 0. The minimum Gasteiger partial charge on any atom is -0.387 e. The van der Waals surface area contributed by atoms with Crippen LogP contribution in [0.4, 0.5) is 0 Å². The topological polar surface area (TPSA) is 38.0 Å². The summed E-state index contributed by atoms with van der Waals surface area (Å²) >= 11 is 0. The number of aromatic nitrogens is 2. The second-order valence-electron chi connectivity index (χ2n) is 2.68. The van der Waals surface area contributed by atoms with E-state index in [2.05, 4.69) is 12.0 Å². The molecule has 3 nitrogen and oxygen atoms in total. The highest BCUT2D eigenvalue weighted by atomic mass is 16.3. The Hall–Kier alpha value is -0.830. The molecule has 0 radical (unpaired) electrons. The minimum absolute atomic E-state index is 0.451. The summed E-state index contributed by atoms with van der Waals surface area (Å²) in [7, 11) is 0. The van der Waals surface area contributed by atoms with Crippen molar-refractivity contribution in [2.45, 2.75) is 32.9 Å². The Morgan fingerprint density at radius 2 is 2.45 bits per heavy atom. The molecule has 0 aromatic carbocycles. The zero-order chi connectivity index (χ0) is 8.27. The number of aliphatic hydroxyl groups is 1. The van der Waals surface area contributed by atoms with E-state index in [4.69, 9.17) is 5.11 Å². The van der Waals surface area contributed by atoms with Crippen LogP contribution in [0.1, 0.15) is 32.1 Å². The summed E-state index contributed by atoms with van der Waals surface area (Å²) in [4.78, 5) is 0. The summed E-state index contributed by atoms with van der Waals surface area (Å²) in [6, 6.07) is 1.85. The van der Waals surface area contributed by atoms with Gasteiger partial charge in [0, 0.05) is 12.7 Å². The lowest BCUT2D eigenvalue weighted by molar-refractivity contribution is 0.193. The first-order chi connectivity index (χ1) is 5.24. The second kappa shape index (κ2) is 3.53. The lowest BCUT2D eigenvalue weighted by Gasteiger charge is -1.98. The molecule has 1 unspecified atom stereocenters. The Kier molecular flexibility index (Phi) is 2.65. The van der Waals surface area contributed by atoms with Gasteiger partial charge in [-0.1, -0.05) is 6.92 Å². The Labute approximate surface area is 66.7 Å². The monoisotopic (exact) mass is 154 g/mol. The molecule has 0 saturated heterocycles. The van der Waals surface area contributed by atoms with Gasteiger partial charge in [0.25, 0.3) is 0 Å². The van der Waals surface area contributed by atoms with Gasteiger partial charge in [0.1, 0.15) is 0 Å². The third-order valence-electron chi connectivity index (χ3n) is 1.54. The van der Waals surface area contributed by atoms with Crippen LogP contribution in [-0.2, 0) is 6.54 Å². The number of rotatable bonds is 3. The summed E-state index contributed by atoms with van der Waals surface area (Å²) < 4.78 is 1.85. The van der Waals surface area contributed by atoms with Crippen LogP contribution < -0.4 is 0 Å². The van der Waals surface area contributed by atoms with E-state index >= 15 is 0 Å². The molecule has 1 N–H and O–H groups in total. The molecule has 0 amide bonds. The fourth-order valence-corrected chi connectivity index (χ4v) is 0.954. The number of nitrogens with zero attached hydrogens (tertiary/aromatic N) is 2. The van der Waals surface area contributed by atoms with Crippen LogP contribution in [-0.4, -0.2) is 14.9 Å². The molecular weight excluding hydrogens is 140 g/mol. The molecule has 1 atom stereocenters. The molecule has 0 aliphatic rings. The van der Waals surface area contributed by atoms with Crippen LogP contribution in [0.15, 0.2) is 12.3 Å². The quantitative estimate of drug-likeness (QED) is 0.713. The molecule has 1 aromatic heterocycles. The van der Waals surface area contributed by atoms with E-state index in [1.54, 1.807) is 6.92 Å². The van der Waals surface area contributed by atoms with E-state index in [0.717, 1.165) is 18.7 Å². The van der Waals surface area contributed by atoms with Gasteiger partial charge in [0.05, 0.1) is 11.8 Å². The SMILES string of the molecule is CCCn1ccc(C(C)O)n1. The number of hydrogen-bond donors (Lipinski definition) is 1. The average Bonchev–Trinajstić information content (AvgIpc) is 2.37. The number of hydrogen-bond acceptors (Lipinski definition) is 2. The molecule has 0 bridgehead atoms. The first-order valence-electron chi connectivity index (χ1n) is 3.95. The predicted molar refractivity (Wildman–Crippen MR) is 43.2 cm³/mol. The molecule has 62 valence electrons. The third kappa shape index (κ3) is 2.05. The minimum atomic E-state index is -0.451. The maximum Gasteiger partial charge on any atom is 0.0950 e. The van der Waals surface area contributed by atoms with E-state index in [1.165, 1.54) is 0 Å². The van der Waals surface area contributed by atoms with E-state index < -0.39 is 6.10 Å². The van der Waals surface area contributed by atoms with E-state index in [1.807, 2.05) is 16.9 Å². The zero-order valence-electron chi connectivity index (χ0n) is 6.99. The Balaban J connectivity index is 2.66. The molecule has 1 heterocycles. The van der Waals surface area contributed by atoms with Crippen molar-refractivity contribution in [2.75, 3.05) is 0 Å². The highest BCUT2D eigenvalue weighted by Gasteiger charge is 2.03. The summed E-state index contributed by atoms with van der Waals surface area (Å²) in [5, 5.41) is 13.3. The number of aliphatic hydroxyl groups excluding tert-OH is 1. The van der Waals surface area contributed by atoms with Crippen LogP contribution >= 0.6 is 0 Å². The Bertz CT molecular complexity index is 218. The largest absolute Gasteiger partial charge is 0.387 e. The van der Waals surface area contributed by atoms with Crippen LogP contribution in [0.3, 0.4) is 0 Å². The standard InChI is InChI=1S/C8H14N2O/c1-3-5-10-6-4-8(9-10)7(2)11/h4,6-7,11H,3,5H2,1-2H3. The van der Waals surface area contributed by atoms with Gasteiger partial charge in [-0.2, -0.15) is 5.10 Å². The van der Waals surface area contributed by atoms with E-state index in [0.29, 0.717) is 0 Å². The highest BCUT2D eigenvalue weighted by molar-refractivity contribution is 5.01. The molecule has 11 heavy (non-hydrogen) atoms. The van der Waals surface area contributed by atoms with Crippen molar-refractivity contribution in [3.05, 3.63) is 18.0 Å². The lowest BCUT2D eigenvalue weighted by atomic mass is 10.3. The van der Waals surface area contributed by atoms with Crippen LogP contribution in [0.2, 0.25) is 0 Å². The molecule has 1 aromatic rings. The fourth-order valence-electron chi connectivity index (χ4n) is 0.954. The molecule has 0 fully saturated rings.